The van der Waals surface area contributed by atoms with E-state index < -0.39 is 50.6 Å². The van der Waals surface area contributed by atoms with Crippen LogP contribution in [0.3, 0.4) is 0 Å². The summed E-state index contributed by atoms with van der Waals surface area (Å²) in [5.41, 5.74) is 0.0166. The largest absolute Gasteiger partial charge is 0.497 e. The maximum absolute atomic E-state index is 15.2. The molecule has 0 bridgehead atoms. The minimum absolute atomic E-state index is 0.0278. The molecule has 0 radical (unpaired) electrons. The molecule has 348 valence electrons. The maximum atomic E-state index is 15.2. The molecule has 2 unspecified atom stereocenters. The molecule has 15 heteroatoms. The zero-order valence-corrected chi connectivity index (χ0v) is 38.9. The normalized spacial score (nSPS) is 31.8. The highest BCUT2D eigenvalue weighted by Gasteiger charge is 2.62. The van der Waals surface area contributed by atoms with Crippen molar-refractivity contribution in [1.82, 2.24) is 19.6 Å². The van der Waals surface area contributed by atoms with Crippen molar-refractivity contribution < 1.29 is 46.5 Å². The Labute approximate surface area is 381 Å². The van der Waals surface area contributed by atoms with Crippen LogP contribution in [0.4, 0.5) is 0 Å². The summed E-state index contributed by atoms with van der Waals surface area (Å²) < 4.78 is 52.7. The van der Waals surface area contributed by atoms with E-state index in [4.69, 9.17) is 23.9 Å². The molecule has 10 atom stereocenters. The van der Waals surface area contributed by atoms with E-state index in [0.717, 1.165) is 31.1 Å². The molecule has 0 spiro atoms. The van der Waals surface area contributed by atoms with Crippen LogP contribution >= 0.6 is 0 Å². The zero-order chi connectivity index (χ0) is 45.8. The number of methoxy groups -OCH3 is 1. The number of nitrogens with zero attached hydrogens (tertiary/aromatic N) is 3. The van der Waals surface area contributed by atoms with Gasteiger partial charge in [0.05, 0.1) is 54.5 Å². The van der Waals surface area contributed by atoms with Crippen molar-refractivity contribution in [2.75, 3.05) is 13.7 Å². The molecule has 1 N–H and O–H groups in total. The van der Waals surface area contributed by atoms with Gasteiger partial charge in [0, 0.05) is 36.1 Å². The van der Waals surface area contributed by atoms with E-state index in [1.54, 1.807) is 24.3 Å². The lowest BCUT2D eigenvalue weighted by Crippen LogP contribution is -2.47. The van der Waals surface area contributed by atoms with Crippen molar-refractivity contribution in [3.8, 4) is 28.8 Å². The van der Waals surface area contributed by atoms with Gasteiger partial charge in [-0.3, -0.25) is 23.9 Å². The molecule has 4 aliphatic carbocycles. The van der Waals surface area contributed by atoms with Gasteiger partial charge in [-0.25, -0.2) is 18.4 Å². The third-order valence-corrected chi connectivity index (χ3v) is 16.5. The Bertz CT molecular complexity index is 2460. The van der Waals surface area contributed by atoms with Crippen LogP contribution in [-0.4, -0.2) is 90.1 Å². The van der Waals surface area contributed by atoms with E-state index in [1.807, 2.05) is 63.3 Å². The molecular formula is C50H62N4O10S. The molecule has 3 aromatic rings. The highest BCUT2D eigenvalue weighted by Crippen LogP contribution is 2.57. The van der Waals surface area contributed by atoms with Crippen molar-refractivity contribution >= 4 is 44.4 Å². The standard InChI is InChI=1S/C50H62N4O10S/c1-28(2)62-45-15-10-31(26-51-45)42-21-34-20-36(61-5)11-14-40(34)47(52-42)64-38-22-43-44(55)25-50(49(58)53-65(59,60)39-12-13-39)24-35(50)9-7-6-8-29(3)16-30(4)41(48(57)54(43)27-38)23-46(56)63-37-18-32-17-33(32)19-37/h7,9-11,14-15,20-21,26,28-30,32-33,35,37-39,41,43H,6,8,12-13,16-19,22-25,27H2,1-5H3,(H,53,58)/b9-7-/t29-,30+,32-,33+,35+,37?,38?,41-,43-,50+/m0/s1. The van der Waals surface area contributed by atoms with Crippen LogP contribution in [0.1, 0.15) is 105 Å². The highest BCUT2D eigenvalue weighted by atomic mass is 32.2. The molecule has 2 aliphatic heterocycles. The molecule has 6 aliphatic rings. The second-order valence-electron chi connectivity index (χ2n) is 20.2. The van der Waals surface area contributed by atoms with E-state index in [9.17, 15) is 22.8 Å². The molecule has 1 aromatic carbocycles. The van der Waals surface area contributed by atoms with Crippen LogP contribution in [0.5, 0.6) is 17.5 Å². The van der Waals surface area contributed by atoms with Gasteiger partial charge >= 0.3 is 5.97 Å². The number of fused-ring (bicyclic) bond motifs is 4. The van der Waals surface area contributed by atoms with Gasteiger partial charge in [0.1, 0.15) is 18.0 Å². The zero-order valence-electron chi connectivity index (χ0n) is 38.1. The molecule has 14 nitrogen and oxygen atoms in total. The second kappa shape index (κ2) is 18.0. The first kappa shape index (κ1) is 45.1. The molecule has 5 fully saturated rings. The van der Waals surface area contributed by atoms with Gasteiger partial charge < -0.3 is 23.8 Å². The first-order valence-electron chi connectivity index (χ1n) is 23.6. The molecule has 65 heavy (non-hydrogen) atoms. The van der Waals surface area contributed by atoms with Crippen LogP contribution in [0, 0.1) is 40.9 Å². The number of esters is 1. The Morgan fingerprint density at radius 3 is 2.46 bits per heavy atom. The third-order valence-electron chi connectivity index (χ3n) is 14.7. The minimum Gasteiger partial charge on any atom is -0.497 e. The summed E-state index contributed by atoms with van der Waals surface area (Å²) in [5.74, 6) is -0.225. The molecule has 4 saturated carbocycles. The topological polar surface area (TPSA) is 180 Å². The third kappa shape index (κ3) is 9.90. The lowest BCUT2D eigenvalue weighted by Gasteiger charge is -2.32. The second-order valence-corrected chi connectivity index (χ2v) is 22.2. The number of ketones is 1. The van der Waals surface area contributed by atoms with Gasteiger partial charge in [-0.2, -0.15) is 0 Å². The van der Waals surface area contributed by atoms with Crippen LogP contribution in [0.15, 0.2) is 54.7 Å². The van der Waals surface area contributed by atoms with Crippen LogP contribution in [0.25, 0.3) is 22.0 Å². The van der Waals surface area contributed by atoms with Crippen LogP contribution in [-0.2, 0) is 33.9 Å². The number of pyridine rings is 2. The van der Waals surface area contributed by atoms with Crippen molar-refractivity contribution in [3.63, 3.8) is 0 Å². The number of Topliss-reactive ketones (excluding diaryl/α,β-unsaturated/α-hetero) is 1. The molecule has 2 aromatic heterocycles. The van der Waals surface area contributed by atoms with E-state index in [-0.39, 0.29) is 67.5 Å². The number of nitrogens with one attached hydrogen (secondary N) is 1. The summed E-state index contributed by atoms with van der Waals surface area (Å²) in [4.78, 5) is 69.0. The fourth-order valence-electron chi connectivity index (χ4n) is 10.7. The predicted octanol–water partition coefficient (Wildman–Crippen LogP) is 7.38. The Morgan fingerprint density at radius 1 is 0.969 bits per heavy atom. The van der Waals surface area contributed by atoms with Gasteiger partial charge in [0.25, 0.3) is 0 Å². The molecular weight excluding hydrogens is 849 g/mol. The van der Waals surface area contributed by atoms with Gasteiger partial charge in [-0.1, -0.05) is 26.0 Å². The van der Waals surface area contributed by atoms with Crippen molar-refractivity contribution in [1.29, 1.82) is 0 Å². The Hall–Kier alpha value is -5.05. The summed E-state index contributed by atoms with van der Waals surface area (Å²) in [5, 5.41) is 0.867. The Morgan fingerprint density at radius 2 is 1.75 bits per heavy atom. The van der Waals surface area contributed by atoms with Crippen molar-refractivity contribution in [2.24, 2.45) is 40.9 Å². The van der Waals surface area contributed by atoms with E-state index in [2.05, 4.69) is 16.6 Å². The van der Waals surface area contributed by atoms with E-state index >= 15 is 4.79 Å². The average molecular weight is 911 g/mol. The number of aromatic nitrogens is 2. The number of ether oxygens (including phenoxy) is 4. The minimum atomic E-state index is -3.88. The first-order valence-corrected chi connectivity index (χ1v) is 25.2. The Balaban J connectivity index is 1.05. The number of rotatable bonds is 12. The van der Waals surface area contributed by atoms with Crippen molar-refractivity contribution in [2.45, 2.75) is 134 Å². The number of sulfonamides is 1. The molecule has 2 amide bonds. The fraction of sp³-hybridized carbons (Fsp3) is 0.600. The summed E-state index contributed by atoms with van der Waals surface area (Å²) in [6.07, 6.45) is 10.9. The van der Waals surface area contributed by atoms with Crippen LogP contribution < -0.4 is 18.9 Å². The SMILES string of the molecule is COc1ccc2c(OC3C[C@H]4C(=O)C[C@]5(C(=O)NS(=O)(=O)C6CC6)C[C@H]5/C=C\CC[C@H](C)C[C@@H](C)[C@H](CC(=O)OC5C[C@@H]6C[C@@H]6C5)C(=O)N4C3)nc(-c3ccc(OC(C)C)nc3)cc2c1. The monoisotopic (exact) mass is 910 g/mol. The predicted molar refractivity (Wildman–Crippen MR) is 242 cm³/mol. The maximum Gasteiger partial charge on any atom is 0.306 e. The average Bonchev–Trinajstić information content (AvgIpc) is 4.23. The fourth-order valence-corrected chi connectivity index (χ4v) is 12.1. The molecule has 4 heterocycles. The Kier molecular flexibility index (Phi) is 12.5. The number of carbonyl (C=O) groups is 4. The summed E-state index contributed by atoms with van der Waals surface area (Å²) in [6.45, 7) is 8.03. The number of benzene rings is 1. The van der Waals surface area contributed by atoms with E-state index in [0.29, 0.717) is 71.7 Å². The van der Waals surface area contributed by atoms with Gasteiger partial charge in [-0.05, 0) is 137 Å². The summed E-state index contributed by atoms with van der Waals surface area (Å²) in [7, 11) is -2.29. The van der Waals surface area contributed by atoms with Gasteiger partial charge in [0.2, 0.25) is 33.6 Å². The first-order chi connectivity index (χ1) is 31.1. The van der Waals surface area contributed by atoms with Crippen molar-refractivity contribution in [3.05, 3.63) is 54.7 Å². The smallest absolute Gasteiger partial charge is 0.306 e. The molecule has 1 saturated heterocycles. The lowest BCUT2D eigenvalue weighted by molar-refractivity contribution is -0.155. The lowest BCUT2D eigenvalue weighted by atomic mass is 9.82. The van der Waals surface area contributed by atoms with Crippen LogP contribution in [0.2, 0.25) is 0 Å². The summed E-state index contributed by atoms with van der Waals surface area (Å²) >= 11 is 0. The highest BCUT2D eigenvalue weighted by molar-refractivity contribution is 7.90. The number of amides is 2. The number of allylic oxidation sites excluding steroid dienone is 2. The number of carbonyl (C=O) groups excluding carboxylic acids is 4. The molecule has 9 rings (SSSR count). The number of hydrogen-bond acceptors (Lipinski definition) is 12. The van der Waals surface area contributed by atoms with E-state index in [1.165, 1.54) is 6.42 Å². The van der Waals surface area contributed by atoms with Gasteiger partial charge in [0.15, 0.2) is 5.78 Å². The van der Waals surface area contributed by atoms with Gasteiger partial charge in [-0.15, -0.1) is 0 Å². The number of hydrogen-bond donors (Lipinski definition) is 1. The summed E-state index contributed by atoms with van der Waals surface area (Å²) in [6, 6.07) is 10.1. The quantitative estimate of drug-likeness (QED) is 0.141.